The number of phenolic OH excluding ortho intramolecular Hbond substituents is 1. The predicted molar refractivity (Wildman–Crippen MR) is 82.5 cm³/mol. The molecule has 0 heterocycles. The first-order chi connectivity index (χ1) is 10.1. The van der Waals surface area contributed by atoms with Gasteiger partial charge < -0.3 is 9.84 Å². The summed E-state index contributed by atoms with van der Waals surface area (Å²) >= 11 is 0. The van der Waals surface area contributed by atoms with Crippen molar-refractivity contribution in [2.75, 3.05) is 6.61 Å². The van der Waals surface area contributed by atoms with Crippen LogP contribution in [0.15, 0.2) is 47.5 Å². The van der Waals surface area contributed by atoms with Crippen LogP contribution in [0.3, 0.4) is 0 Å². The molecule has 1 N–H and O–H groups in total. The number of nitrogens with zero attached hydrogens (tertiary/aromatic N) is 1. The Morgan fingerprint density at radius 3 is 2.62 bits per heavy atom. The summed E-state index contributed by atoms with van der Waals surface area (Å²) in [6.45, 7) is 4.07. The fourth-order valence-electron chi connectivity index (χ4n) is 1.82. The quantitative estimate of drug-likeness (QED) is 0.688. The third kappa shape index (κ3) is 3.92. The molecule has 2 aromatic rings. The number of hydrogen-bond acceptors (Lipinski definition) is 4. The third-order valence-electron chi connectivity index (χ3n) is 2.91. The van der Waals surface area contributed by atoms with Crippen LogP contribution in [0.5, 0.6) is 5.75 Å². The number of carbonyl (C=O) groups excluding carboxylic acids is 1. The summed E-state index contributed by atoms with van der Waals surface area (Å²) in [4.78, 5) is 15.8. The molecule has 0 fully saturated rings. The first-order valence-corrected chi connectivity index (χ1v) is 6.71. The van der Waals surface area contributed by atoms with Crippen LogP contribution in [0.4, 0.5) is 5.69 Å². The van der Waals surface area contributed by atoms with Crippen LogP contribution >= 0.6 is 0 Å². The molecule has 0 aliphatic carbocycles. The molecule has 108 valence electrons. The normalized spacial score (nSPS) is 10.8. The smallest absolute Gasteiger partial charge is 0.338 e. The summed E-state index contributed by atoms with van der Waals surface area (Å²) < 4.78 is 4.92. The molecule has 2 rings (SSSR count). The largest absolute Gasteiger partial charge is 0.507 e. The number of benzene rings is 2. The van der Waals surface area contributed by atoms with E-state index in [4.69, 9.17) is 4.74 Å². The zero-order chi connectivity index (χ0) is 15.2. The summed E-state index contributed by atoms with van der Waals surface area (Å²) in [5, 5.41) is 9.74. The van der Waals surface area contributed by atoms with Crippen molar-refractivity contribution in [2.24, 2.45) is 4.99 Å². The summed E-state index contributed by atoms with van der Waals surface area (Å²) in [5.74, 6) is -0.156. The van der Waals surface area contributed by atoms with Gasteiger partial charge in [-0.2, -0.15) is 0 Å². The minimum atomic E-state index is -0.343. The van der Waals surface area contributed by atoms with E-state index >= 15 is 0 Å². The molecule has 0 spiro atoms. The highest BCUT2D eigenvalue weighted by molar-refractivity contribution is 5.90. The van der Waals surface area contributed by atoms with Crippen LogP contribution in [-0.2, 0) is 4.74 Å². The van der Waals surface area contributed by atoms with Gasteiger partial charge in [-0.15, -0.1) is 0 Å². The highest BCUT2D eigenvalue weighted by atomic mass is 16.5. The van der Waals surface area contributed by atoms with E-state index in [2.05, 4.69) is 4.99 Å². The second kappa shape index (κ2) is 6.70. The lowest BCUT2D eigenvalue weighted by molar-refractivity contribution is 0.0526. The molecule has 0 saturated heterocycles. The van der Waals surface area contributed by atoms with Crippen LogP contribution in [-0.4, -0.2) is 23.9 Å². The first kappa shape index (κ1) is 14.8. The lowest BCUT2D eigenvalue weighted by Crippen LogP contribution is -2.03. The minimum absolute atomic E-state index is 0.187. The Morgan fingerprint density at radius 1 is 1.24 bits per heavy atom. The fraction of sp³-hybridized carbons (Fsp3) is 0.176. The SMILES string of the molecule is CCOC(=O)c1ccc(N=Cc2cc(C)ccc2O)cc1. The Balaban J connectivity index is 2.14. The van der Waals surface area contributed by atoms with Crippen molar-refractivity contribution in [3.05, 3.63) is 59.2 Å². The molecule has 0 aliphatic heterocycles. The lowest BCUT2D eigenvalue weighted by Gasteiger charge is -2.02. The summed E-state index contributed by atoms with van der Waals surface area (Å²) in [5.41, 5.74) is 2.90. The Hall–Kier alpha value is -2.62. The number of esters is 1. The number of hydrogen-bond donors (Lipinski definition) is 1. The maximum atomic E-state index is 11.5. The van der Waals surface area contributed by atoms with E-state index in [0.29, 0.717) is 23.4 Å². The molecule has 2 aromatic carbocycles. The second-order valence-corrected chi connectivity index (χ2v) is 4.59. The van der Waals surface area contributed by atoms with Crippen molar-refractivity contribution >= 4 is 17.9 Å². The topological polar surface area (TPSA) is 58.9 Å². The Labute approximate surface area is 123 Å². The monoisotopic (exact) mass is 283 g/mol. The van der Waals surface area contributed by atoms with E-state index in [1.165, 1.54) is 0 Å². The third-order valence-corrected chi connectivity index (χ3v) is 2.91. The van der Waals surface area contributed by atoms with E-state index in [0.717, 1.165) is 5.56 Å². The number of carbonyl (C=O) groups is 1. The van der Waals surface area contributed by atoms with Crippen LogP contribution in [0.2, 0.25) is 0 Å². The first-order valence-electron chi connectivity index (χ1n) is 6.71. The minimum Gasteiger partial charge on any atom is -0.507 e. The highest BCUT2D eigenvalue weighted by Crippen LogP contribution is 2.18. The van der Waals surface area contributed by atoms with Gasteiger partial charge >= 0.3 is 5.97 Å². The average Bonchev–Trinajstić information content (AvgIpc) is 2.49. The van der Waals surface area contributed by atoms with Crippen LogP contribution < -0.4 is 0 Å². The number of phenols is 1. The molecule has 0 bridgehead atoms. The van der Waals surface area contributed by atoms with Crippen LogP contribution in [0.25, 0.3) is 0 Å². The van der Waals surface area contributed by atoms with Crippen molar-refractivity contribution in [1.82, 2.24) is 0 Å². The number of aromatic hydroxyl groups is 1. The highest BCUT2D eigenvalue weighted by Gasteiger charge is 2.05. The maximum Gasteiger partial charge on any atom is 0.338 e. The van der Waals surface area contributed by atoms with Crippen LogP contribution in [0, 0.1) is 6.92 Å². The van der Waals surface area contributed by atoms with Crippen molar-refractivity contribution in [3.63, 3.8) is 0 Å². The second-order valence-electron chi connectivity index (χ2n) is 4.59. The van der Waals surface area contributed by atoms with Crippen LogP contribution in [0.1, 0.15) is 28.4 Å². The van der Waals surface area contributed by atoms with Gasteiger partial charge in [-0.05, 0) is 50.2 Å². The molecule has 0 atom stereocenters. The number of ether oxygens (including phenoxy) is 1. The summed E-state index contributed by atoms with van der Waals surface area (Å²) in [6.07, 6.45) is 1.60. The Morgan fingerprint density at radius 2 is 1.95 bits per heavy atom. The van der Waals surface area contributed by atoms with Gasteiger partial charge in [-0.25, -0.2) is 4.79 Å². The molecule has 0 radical (unpaired) electrons. The van der Waals surface area contributed by atoms with Gasteiger partial charge in [0.05, 0.1) is 17.9 Å². The number of aryl methyl sites for hydroxylation is 1. The lowest BCUT2D eigenvalue weighted by atomic mass is 10.1. The standard InChI is InChI=1S/C17H17NO3/c1-3-21-17(20)13-5-7-15(8-6-13)18-11-14-10-12(2)4-9-16(14)19/h4-11,19H,3H2,1-2H3. The fourth-order valence-corrected chi connectivity index (χ4v) is 1.82. The molecule has 4 heteroatoms. The van der Waals surface area contributed by atoms with E-state index < -0.39 is 0 Å². The number of rotatable bonds is 4. The maximum absolute atomic E-state index is 11.5. The molecule has 0 aliphatic rings. The van der Waals surface area contributed by atoms with E-state index in [1.54, 1.807) is 43.5 Å². The predicted octanol–water partition coefficient (Wildman–Crippen LogP) is 3.63. The van der Waals surface area contributed by atoms with Crippen molar-refractivity contribution in [2.45, 2.75) is 13.8 Å². The molecule has 0 unspecified atom stereocenters. The molecular weight excluding hydrogens is 266 g/mol. The summed E-state index contributed by atoms with van der Waals surface area (Å²) in [7, 11) is 0. The van der Waals surface area contributed by atoms with Crippen molar-refractivity contribution in [3.8, 4) is 5.75 Å². The van der Waals surface area contributed by atoms with Gasteiger partial charge in [0.25, 0.3) is 0 Å². The van der Waals surface area contributed by atoms with Gasteiger partial charge in [0, 0.05) is 11.8 Å². The summed E-state index contributed by atoms with van der Waals surface area (Å²) in [6, 6.07) is 12.1. The molecule has 21 heavy (non-hydrogen) atoms. The molecule has 0 amide bonds. The Kier molecular flexibility index (Phi) is 4.72. The van der Waals surface area contributed by atoms with Gasteiger partial charge in [-0.3, -0.25) is 4.99 Å². The van der Waals surface area contributed by atoms with Gasteiger partial charge in [-0.1, -0.05) is 11.6 Å². The molecule has 0 saturated carbocycles. The molecular formula is C17H17NO3. The van der Waals surface area contributed by atoms with E-state index in [-0.39, 0.29) is 11.7 Å². The molecule has 0 aromatic heterocycles. The zero-order valence-corrected chi connectivity index (χ0v) is 12.0. The molecule has 4 nitrogen and oxygen atoms in total. The Bertz CT molecular complexity index is 660. The van der Waals surface area contributed by atoms with Gasteiger partial charge in [0.15, 0.2) is 0 Å². The van der Waals surface area contributed by atoms with Gasteiger partial charge in [0.1, 0.15) is 5.75 Å². The van der Waals surface area contributed by atoms with E-state index in [9.17, 15) is 9.90 Å². The number of aliphatic imine (C=N–C) groups is 1. The van der Waals surface area contributed by atoms with E-state index in [1.807, 2.05) is 19.1 Å². The average molecular weight is 283 g/mol. The van der Waals surface area contributed by atoms with Crippen molar-refractivity contribution in [1.29, 1.82) is 0 Å². The van der Waals surface area contributed by atoms with Gasteiger partial charge in [0.2, 0.25) is 0 Å². The van der Waals surface area contributed by atoms with Crippen molar-refractivity contribution < 1.29 is 14.6 Å². The zero-order valence-electron chi connectivity index (χ0n) is 12.0.